The van der Waals surface area contributed by atoms with Crippen molar-refractivity contribution >= 4 is 6.29 Å². The van der Waals surface area contributed by atoms with Gasteiger partial charge in [-0.05, 0) is 76.4 Å². The minimum absolute atomic E-state index is 0.0131. The highest BCUT2D eigenvalue weighted by atomic mass is 16.5. The number of benzene rings is 2. The summed E-state index contributed by atoms with van der Waals surface area (Å²) < 4.78 is 6.34. The third-order valence-electron chi connectivity index (χ3n) is 5.15. The Kier molecular flexibility index (Phi) is 7.20. The molecule has 2 aromatic carbocycles. The summed E-state index contributed by atoms with van der Waals surface area (Å²) in [4.78, 5) is 14.0. The molecule has 3 heteroatoms. The van der Waals surface area contributed by atoms with Crippen LogP contribution in [0, 0.1) is 6.92 Å². The molecule has 0 radical (unpaired) electrons. The van der Waals surface area contributed by atoms with Crippen LogP contribution in [0.1, 0.15) is 62.9 Å². The third-order valence-corrected chi connectivity index (χ3v) is 5.15. The lowest BCUT2D eigenvalue weighted by molar-refractivity contribution is -0.0192. The first kappa shape index (κ1) is 21.2. The molecule has 0 aliphatic carbocycles. The molecule has 0 aliphatic rings. The maximum atomic E-state index is 11.8. The quantitative estimate of drug-likeness (QED) is 0.417. The molecule has 0 N–H and O–H groups in total. The van der Waals surface area contributed by atoms with Crippen molar-refractivity contribution in [1.82, 2.24) is 4.90 Å². The van der Waals surface area contributed by atoms with Crippen LogP contribution in [0.4, 0.5) is 0 Å². The highest BCUT2D eigenvalue weighted by Gasteiger charge is 2.27. The summed E-state index contributed by atoms with van der Waals surface area (Å²) in [5.41, 5.74) is 3.95. The van der Waals surface area contributed by atoms with Gasteiger partial charge in [0, 0.05) is 5.54 Å². The van der Waals surface area contributed by atoms with Crippen molar-refractivity contribution in [2.24, 2.45) is 0 Å². The third kappa shape index (κ3) is 5.43. The van der Waals surface area contributed by atoms with Gasteiger partial charge in [-0.25, -0.2) is 0 Å². The number of carbonyl (C=O) groups excluding carboxylic acids is 1. The van der Waals surface area contributed by atoms with Crippen molar-refractivity contribution in [2.75, 3.05) is 7.05 Å². The van der Waals surface area contributed by atoms with Crippen LogP contribution in [0.15, 0.2) is 42.5 Å². The molecular weight excluding hydrogens is 334 g/mol. The Morgan fingerprint density at radius 1 is 1.15 bits per heavy atom. The second kappa shape index (κ2) is 9.18. The summed E-state index contributed by atoms with van der Waals surface area (Å²) in [6.45, 7) is 10.8. The van der Waals surface area contributed by atoms with Gasteiger partial charge in [-0.15, -0.1) is 0 Å². The van der Waals surface area contributed by atoms with Crippen LogP contribution in [0.3, 0.4) is 0 Å². The minimum atomic E-state index is -0.0621. The van der Waals surface area contributed by atoms with E-state index in [2.05, 4.69) is 58.7 Å². The normalized spacial score (nSPS) is 12.9. The van der Waals surface area contributed by atoms with Crippen molar-refractivity contribution < 1.29 is 9.53 Å². The van der Waals surface area contributed by atoms with Gasteiger partial charge in [-0.3, -0.25) is 9.69 Å². The van der Waals surface area contributed by atoms with Gasteiger partial charge in [0.15, 0.2) is 12.5 Å². The molecule has 0 spiro atoms. The van der Waals surface area contributed by atoms with Crippen LogP contribution in [-0.2, 0) is 0 Å². The monoisotopic (exact) mass is 367 g/mol. The van der Waals surface area contributed by atoms with E-state index in [4.69, 9.17) is 4.74 Å². The van der Waals surface area contributed by atoms with Gasteiger partial charge in [0.1, 0.15) is 5.75 Å². The lowest BCUT2D eigenvalue weighted by Crippen LogP contribution is -2.48. The average Bonchev–Trinajstić information content (AvgIpc) is 2.64. The summed E-state index contributed by atoms with van der Waals surface area (Å²) in [5, 5.41) is 0. The number of rotatable bonds is 8. The Bertz CT molecular complexity index is 761. The molecular formula is C24H33NO2. The second-order valence-corrected chi connectivity index (χ2v) is 8.18. The van der Waals surface area contributed by atoms with Crippen LogP contribution in [0.2, 0.25) is 0 Å². The van der Waals surface area contributed by atoms with E-state index < -0.39 is 0 Å². The average molecular weight is 368 g/mol. The van der Waals surface area contributed by atoms with Crippen LogP contribution in [0.5, 0.6) is 5.75 Å². The van der Waals surface area contributed by atoms with Gasteiger partial charge in [0.05, 0.1) is 5.56 Å². The predicted octanol–water partition coefficient (Wildman–Crippen LogP) is 6.10. The fourth-order valence-electron chi connectivity index (χ4n) is 3.10. The molecule has 146 valence electrons. The minimum Gasteiger partial charge on any atom is -0.474 e. The molecule has 0 aromatic heterocycles. The van der Waals surface area contributed by atoms with Crippen LogP contribution in [0.25, 0.3) is 11.1 Å². The van der Waals surface area contributed by atoms with Crippen molar-refractivity contribution in [3.8, 4) is 16.9 Å². The fraction of sp³-hybridized carbons (Fsp3) is 0.458. The number of nitrogens with zero attached hydrogens (tertiary/aromatic N) is 1. The topological polar surface area (TPSA) is 29.5 Å². The van der Waals surface area contributed by atoms with Crippen molar-refractivity contribution in [3.05, 3.63) is 53.6 Å². The number of hydrogen-bond acceptors (Lipinski definition) is 3. The van der Waals surface area contributed by atoms with Gasteiger partial charge in [-0.2, -0.15) is 0 Å². The predicted molar refractivity (Wildman–Crippen MR) is 113 cm³/mol. The lowest BCUT2D eigenvalue weighted by Gasteiger charge is -2.38. The molecule has 1 atom stereocenters. The van der Waals surface area contributed by atoms with Crippen LogP contribution < -0.4 is 4.74 Å². The maximum Gasteiger partial charge on any atom is 0.153 e. The van der Waals surface area contributed by atoms with Crippen LogP contribution >= 0.6 is 0 Å². The molecule has 0 saturated heterocycles. The molecule has 3 nitrogen and oxygen atoms in total. The molecule has 0 fully saturated rings. The van der Waals surface area contributed by atoms with E-state index in [1.165, 1.54) is 5.56 Å². The van der Waals surface area contributed by atoms with E-state index in [9.17, 15) is 4.79 Å². The van der Waals surface area contributed by atoms with Crippen molar-refractivity contribution in [1.29, 1.82) is 0 Å². The maximum absolute atomic E-state index is 11.8. The molecule has 0 aliphatic heterocycles. The molecule has 2 rings (SSSR count). The molecule has 0 heterocycles. The summed E-state index contributed by atoms with van der Waals surface area (Å²) in [5.74, 6) is 0.652. The Hall–Kier alpha value is -2.13. The number of carbonyl (C=O) groups is 1. The first-order chi connectivity index (χ1) is 12.8. The van der Waals surface area contributed by atoms with Gasteiger partial charge in [0.25, 0.3) is 0 Å². The summed E-state index contributed by atoms with van der Waals surface area (Å²) in [6.07, 6.45) is 3.97. The smallest absolute Gasteiger partial charge is 0.153 e. The fourth-order valence-corrected chi connectivity index (χ4v) is 3.10. The summed E-state index contributed by atoms with van der Waals surface area (Å²) >= 11 is 0. The van der Waals surface area contributed by atoms with Crippen LogP contribution in [-0.4, -0.2) is 30.0 Å². The molecule has 27 heavy (non-hydrogen) atoms. The Labute approximate surface area is 164 Å². The second-order valence-electron chi connectivity index (χ2n) is 8.18. The van der Waals surface area contributed by atoms with Gasteiger partial charge >= 0.3 is 0 Å². The molecule has 0 saturated carbocycles. The molecule has 0 amide bonds. The van der Waals surface area contributed by atoms with Gasteiger partial charge < -0.3 is 4.74 Å². The van der Waals surface area contributed by atoms with E-state index in [1.54, 1.807) is 0 Å². The van der Waals surface area contributed by atoms with Crippen molar-refractivity contribution in [2.45, 2.75) is 65.6 Å². The summed E-state index contributed by atoms with van der Waals surface area (Å²) in [6, 6.07) is 14.1. The Balaban J connectivity index is 2.33. The largest absolute Gasteiger partial charge is 0.474 e. The SMILES string of the molecule is CCCCC(Oc1ccc(-c2ccccc2C)cc1C=O)N(C)C(C)(C)C. The van der Waals surface area contributed by atoms with Gasteiger partial charge in [0.2, 0.25) is 0 Å². The number of unbranched alkanes of at least 4 members (excludes halogenated alkanes) is 1. The van der Waals surface area contributed by atoms with Gasteiger partial charge in [-0.1, -0.05) is 43.7 Å². The first-order valence-corrected chi connectivity index (χ1v) is 9.82. The number of aldehydes is 1. The highest BCUT2D eigenvalue weighted by Crippen LogP contribution is 2.30. The number of aryl methyl sites for hydroxylation is 1. The Morgan fingerprint density at radius 2 is 1.85 bits per heavy atom. The number of ether oxygens (including phenoxy) is 1. The van der Waals surface area contributed by atoms with E-state index in [1.807, 2.05) is 30.3 Å². The molecule has 2 aromatic rings. The van der Waals surface area contributed by atoms with E-state index in [-0.39, 0.29) is 11.8 Å². The molecule has 0 bridgehead atoms. The number of hydrogen-bond donors (Lipinski definition) is 0. The summed E-state index contributed by atoms with van der Waals surface area (Å²) in [7, 11) is 2.09. The van der Waals surface area contributed by atoms with E-state index in [0.29, 0.717) is 11.3 Å². The van der Waals surface area contributed by atoms with E-state index in [0.717, 1.165) is 36.7 Å². The van der Waals surface area contributed by atoms with Crippen molar-refractivity contribution in [3.63, 3.8) is 0 Å². The van der Waals surface area contributed by atoms with E-state index >= 15 is 0 Å². The standard InChI is InChI=1S/C24H33NO2/c1-7-8-13-23(25(6)24(3,4)5)27-22-15-14-19(16-20(22)17-26)21-12-10-9-11-18(21)2/h9-12,14-17,23H,7-8,13H2,1-6H3. The zero-order valence-electron chi connectivity index (χ0n) is 17.6. The zero-order chi connectivity index (χ0) is 20.0. The lowest BCUT2D eigenvalue weighted by atomic mass is 9.99. The Morgan fingerprint density at radius 3 is 2.44 bits per heavy atom. The molecule has 1 unspecified atom stereocenters. The first-order valence-electron chi connectivity index (χ1n) is 9.82. The highest BCUT2D eigenvalue weighted by molar-refractivity contribution is 5.83. The zero-order valence-corrected chi connectivity index (χ0v) is 17.6.